The summed E-state index contributed by atoms with van der Waals surface area (Å²) in [5.74, 6) is 3.01. The van der Waals surface area contributed by atoms with Crippen LogP contribution in [0, 0.1) is 23.6 Å². The van der Waals surface area contributed by atoms with E-state index in [2.05, 4.69) is 16.6 Å². The number of halogens is 1. The van der Waals surface area contributed by atoms with Gasteiger partial charge in [0.15, 0.2) is 6.10 Å². The largest absolute Gasteiger partial charge is 0.479 e. The maximum absolute atomic E-state index is 13.6. The van der Waals surface area contributed by atoms with Crippen LogP contribution in [0.5, 0.6) is 5.75 Å². The molecule has 0 spiro atoms. The molecule has 0 aliphatic carbocycles. The average Bonchev–Trinajstić information content (AvgIpc) is 3.06. The number of rotatable bonds is 11. The molecular weight excluding hydrogens is 663 g/mol. The number of aliphatic hydroxyl groups is 4. The first kappa shape index (κ1) is 35.9. The third-order valence-electron chi connectivity index (χ3n) is 8.31. The molecule has 3 aromatic rings. The van der Waals surface area contributed by atoms with Crippen molar-refractivity contribution >= 4 is 27.6 Å². The Morgan fingerprint density at radius 2 is 1.65 bits per heavy atom. The number of hydrogen-bond donors (Lipinski definition) is 6. The first-order valence-electron chi connectivity index (χ1n) is 15.2. The van der Waals surface area contributed by atoms with Crippen molar-refractivity contribution in [3.63, 3.8) is 0 Å². The maximum Gasteiger partial charge on any atom is 0.335 e. The second-order valence-electron chi connectivity index (χ2n) is 11.8. The number of β-lactam (4-membered cyclic amide) rings is 1. The van der Waals surface area contributed by atoms with Crippen molar-refractivity contribution in [3.8, 4) is 17.6 Å². The van der Waals surface area contributed by atoms with E-state index in [-0.39, 0.29) is 24.6 Å². The number of benzene rings is 3. The van der Waals surface area contributed by atoms with E-state index in [1.54, 1.807) is 41.3 Å². The molecule has 3 aromatic carbocycles. The van der Waals surface area contributed by atoms with Crippen molar-refractivity contribution < 1.29 is 57.4 Å². The predicted molar refractivity (Wildman–Crippen MR) is 172 cm³/mol. The number of carboxylic acids is 1. The number of carbonyl (C=O) groups is 2. The lowest BCUT2D eigenvalue weighted by atomic mass is 9.78. The third-order valence-corrected chi connectivity index (χ3v) is 8.98. The fourth-order valence-electron chi connectivity index (χ4n) is 5.73. The average molecular weight is 699 g/mol. The SMILES string of the molecule is CS(=O)(=O)NCC#Cc1ccc(N2C(=O)C(CC[C@H](O)c3ccc(F)cc3)[C@H]2c2ccc(O[C@@H]3O[C@H](C(=O)O)C(O)[C@H](O)C3O)cc2)cc1. The minimum absolute atomic E-state index is 0.0626. The Morgan fingerprint density at radius 1 is 1.00 bits per heavy atom. The number of amides is 1. The normalized spacial score (nSPS) is 25.9. The van der Waals surface area contributed by atoms with E-state index >= 15 is 0 Å². The van der Waals surface area contributed by atoms with Crippen molar-refractivity contribution in [2.45, 2.75) is 55.7 Å². The number of carboxylic acid groups (broad SMARTS) is 1. The van der Waals surface area contributed by atoms with Gasteiger partial charge >= 0.3 is 5.97 Å². The first-order chi connectivity index (χ1) is 23.2. The molecule has 6 N–H and O–H groups in total. The van der Waals surface area contributed by atoms with Crippen LogP contribution in [-0.4, -0.2) is 89.3 Å². The highest BCUT2D eigenvalue weighted by Gasteiger charge is 2.49. The number of nitrogens with one attached hydrogen (secondary N) is 1. The molecule has 3 unspecified atom stereocenters. The van der Waals surface area contributed by atoms with Crippen LogP contribution in [0.1, 0.15) is 41.7 Å². The van der Waals surface area contributed by atoms with Crippen LogP contribution < -0.4 is 14.4 Å². The summed E-state index contributed by atoms with van der Waals surface area (Å²) in [4.78, 5) is 26.6. The number of aliphatic carboxylic acids is 1. The highest BCUT2D eigenvalue weighted by molar-refractivity contribution is 7.88. The number of aliphatic hydroxyl groups excluding tert-OH is 4. The molecule has 2 fully saturated rings. The Hall–Kier alpha value is -4.40. The van der Waals surface area contributed by atoms with Gasteiger partial charge in [0.2, 0.25) is 22.2 Å². The van der Waals surface area contributed by atoms with Gasteiger partial charge in [0, 0.05) is 11.3 Å². The van der Waals surface area contributed by atoms with Crippen LogP contribution in [0.25, 0.3) is 0 Å². The monoisotopic (exact) mass is 698 g/mol. The maximum atomic E-state index is 13.6. The molecule has 0 bridgehead atoms. The highest BCUT2D eigenvalue weighted by atomic mass is 32.2. The van der Waals surface area contributed by atoms with Crippen LogP contribution in [0.3, 0.4) is 0 Å². The van der Waals surface area contributed by atoms with Crippen molar-refractivity contribution in [2.24, 2.45) is 5.92 Å². The minimum atomic E-state index is -3.38. The Bertz CT molecular complexity index is 1810. The number of anilines is 1. The van der Waals surface area contributed by atoms with E-state index in [0.717, 1.165) is 6.26 Å². The zero-order valence-corrected chi connectivity index (χ0v) is 26.9. The van der Waals surface area contributed by atoms with Gasteiger partial charge in [0.05, 0.1) is 30.9 Å². The second-order valence-corrected chi connectivity index (χ2v) is 13.6. The lowest BCUT2D eigenvalue weighted by Gasteiger charge is -2.48. The molecule has 8 atom stereocenters. The lowest BCUT2D eigenvalue weighted by Crippen LogP contribution is -2.61. The molecule has 2 aliphatic heterocycles. The van der Waals surface area contributed by atoms with E-state index in [1.165, 1.54) is 36.4 Å². The zero-order chi connectivity index (χ0) is 35.5. The van der Waals surface area contributed by atoms with Gasteiger partial charge in [-0.05, 0) is 72.5 Å². The summed E-state index contributed by atoms with van der Waals surface area (Å²) >= 11 is 0. The molecule has 2 saturated heterocycles. The fraction of sp³-hybridized carbons (Fsp3) is 0.353. The van der Waals surface area contributed by atoms with Crippen LogP contribution in [-0.2, 0) is 24.3 Å². The summed E-state index contributed by atoms with van der Waals surface area (Å²) in [6, 6.07) is 18.2. The van der Waals surface area contributed by atoms with Gasteiger partial charge in [-0.2, -0.15) is 0 Å². The van der Waals surface area contributed by atoms with E-state index in [0.29, 0.717) is 28.8 Å². The smallest absolute Gasteiger partial charge is 0.335 e. The van der Waals surface area contributed by atoms with Gasteiger partial charge in [-0.25, -0.2) is 22.3 Å². The molecule has 13 nitrogen and oxygen atoms in total. The van der Waals surface area contributed by atoms with Gasteiger partial charge < -0.3 is 39.9 Å². The fourth-order valence-corrected chi connectivity index (χ4v) is 6.07. The quantitative estimate of drug-likeness (QED) is 0.124. The zero-order valence-electron chi connectivity index (χ0n) is 26.1. The molecule has 5 rings (SSSR count). The van der Waals surface area contributed by atoms with Crippen LogP contribution in [0.2, 0.25) is 0 Å². The lowest BCUT2D eigenvalue weighted by molar-refractivity contribution is -0.271. The molecule has 0 saturated carbocycles. The first-order valence-corrected chi connectivity index (χ1v) is 17.1. The van der Waals surface area contributed by atoms with E-state index in [4.69, 9.17) is 9.47 Å². The molecule has 2 aliphatic rings. The Kier molecular flexibility index (Phi) is 11.0. The van der Waals surface area contributed by atoms with Crippen LogP contribution >= 0.6 is 0 Å². The summed E-state index contributed by atoms with van der Waals surface area (Å²) in [6.45, 7) is -0.0626. The predicted octanol–water partition coefficient (Wildman–Crippen LogP) is 1.22. The van der Waals surface area contributed by atoms with Gasteiger partial charge in [0.25, 0.3) is 0 Å². The second kappa shape index (κ2) is 15.0. The number of sulfonamides is 1. The van der Waals surface area contributed by atoms with Crippen LogP contribution in [0.4, 0.5) is 10.1 Å². The van der Waals surface area contributed by atoms with Gasteiger partial charge in [-0.3, -0.25) is 4.79 Å². The molecule has 260 valence electrons. The topological polar surface area (TPSA) is 203 Å². The third kappa shape index (κ3) is 8.43. The molecule has 2 heterocycles. The molecule has 15 heteroatoms. The number of carbonyl (C=O) groups excluding carboxylic acids is 1. The highest BCUT2D eigenvalue weighted by Crippen LogP contribution is 2.46. The van der Waals surface area contributed by atoms with Crippen LogP contribution in [0.15, 0.2) is 72.8 Å². The standard InChI is InChI=1S/C34H35FN2O11S/c1-49(45,46)36-18-2-3-19-4-12-23(13-5-19)37-27(25(32(37)42)16-17-26(38)20-6-10-22(35)11-7-20)21-8-14-24(15-9-21)47-34-30(41)28(39)29(40)31(48-34)33(43)44/h4-15,25-31,34,36,38-41H,16-18H2,1H3,(H,43,44)/t25?,26-,27+,28-,29?,30?,31-,34+/m0/s1. The summed E-state index contributed by atoms with van der Waals surface area (Å²) in [6.07, 6.45) is -8.25. The number of ether oxygens (including phenoxy) is 2. The van der Waals surface area contributed by atoms with Gasteiger partial charge in [0.1, 0.15) is 29.9 Å². The number of nitrogens with zero attached hydrogens (tertiary/aromatic N) is 1. The van der Waals surface area contributed by atoms with Gasteiger partial charge in [-0.15, -0.1) is 0 Å². The summed E-state index contributed by atoms with van der Waals surface area (Å²) in [5, 5.41) is 50.4. The Morgan fingerprint density at radius 3 is 2.27 bits per heavy atom. The van der Waals surface area contributed by atoms with Crippen molar-refractivity contribution in [3.05, 3.63) is 95.3 Å². The minimum Gasteiger partial charge on any atom is -0.479 e. The molecule has 0 radical (unpaired) electrons. The van der Waals surface area contributed by atoms with Gasteiger partial charge in [-0.1, -0.05) is 36.1 Å². The van der Waals surface area contributed by atoms with Crippen molar-refractivity contribution in [2.75, 3.05) is 17.7 Å². The molecule has 49 heavy (non-hydrogen) atoms. The van der Waals surface area contributed by atoms with E-state index in [9.17, 15) is 47.9 Å². The summed E-state index contributed by atoms with van der Waals surface area (Å²) in [7, 11) is -3.38. The Labute approximate surface area is 281 Å². The summed E-state index contributed by atoms with van der Waals surface area (Å²) < 4.78 is 49.0. The number of hydrogen-bond acceptors (Lipinski definition) is 10. The molecule has 1 amide bonds. The van der Waals surface area contributed by atoms with E-state index < -0.39 is 70.6 Å². The van der Waals surface area contributed by atoms with E-state index in [1.807, 2.05) is 0 Å². The summed E-state index contributed by atoms with van der Waals surface area (Å²) in [5.41, 5.74) is 2.37. The molecular formula is C34H35FN2O11S. The Balaban J connectivity index is 1.35. The van der Waals surface area contributed by atoms with Crippen molar-refractivity contribution in [1.29, 1.82) is 0 Å². The molecule has 0 aromatic heterocycles. The van der Waals surface area contributed by atoms with Crippen molar-refractivity contribution in [1.82, 2.24) is 4.72 Å².